The van der Waals surface area contributed by atoms with E-state index in [4.69, 9.17) is 0 Å². The number of carbonyl (C=O) groups excluding carboxylic acids is 1. The number of benzene rings is 1. The smallest absolute Gasteiger partial charge is 0.159 e. The molecule has 0 atom stereocenters. The van der Waals surface area contributed by atoms with Gasteiger partial charge in [-0.1, -0.05) is 50.6 Å². The van der Waals surface area contributed by atoms with Crippen LogP contribution in [0.2, 0.25) is 0 Å². The van der Waals surface area contributed by atoms with Gasteiger partial charge in [0.15, 0.2) is 5.78 Å². The van der Waals surface area contributed by atoms with Crippen molar-refractivity contribution in [2.75, 3.05) is 0 Å². The molecule has 0 aliphatic carbocycles. The van der Waals surface area contributed by atoms with E-state index < -0.39 is 0 Å². The van der Waals surface area contributed by atoms with Gasteiger partial charge in [-0.25, -0.2) is 0 Å². The lowest BCUT2D eigenvalue weighted by Crippen LogP contribution is -2.11. The molecule has 0 unspecified atom stereocenters. The second-order valence-corrected chi connectivity index (χ2v) is 5.81. The van der Waals surface area contributed by atoms with Crippen molar-refractivity contribution in [1.82, 2.24) is 0 Å². The van der Waals surface area contributed by atoms with E-state index in [1.165, 1.54) is 5.56 Å². The number of ketones is 1. The number of hydrogen-bond acceptors (Lipinski definition) is 1. The Kier molecular flexibility index (Phi) is 4.28. The minimum atomic E-state index is 0.169. The normalized spacial score (nSPS) is 11.1. The summed E-state index contributed by atoms with van der Waals surface area (Å²) in [6.45, 7) is 10.5. The number of allylic oxidation sites excluding steroid dienone is 2. The van der Waals surface area contributed by atoms with Crippen LogP contribution in [-0.4, -0.2) is 5.78 Å². The highest BCUT2D eigenvalue weighted by Crippen LogP contribution is 2.22. The number of rotatable bonds is 3. The van der Waals surface area contributed by atoms with Gasteiger partial charge in [0, 0.05) is 6.42 Å². The molecule has 1 heteroatoms. The fourth-order valence-electron chi connectivity index (χ4n) is 1.70. The zero-order valence-electron chi connectivity index (χ0n) is 11.5. The van der Waals surface area contributed by atoms with Gasteiger partial charge in [0.2, 0.25) is 0 Å². The minimum Gasteiger partial charge on any atom is -0.294 e. The topological polar surface area (TPSA) is 17.1 Å². The quantitative estimate of drug-likeness (QED) is 0.716. The summed E-state index contributed by atoms with van der Waals surface area (Å²) in [5.41, 5.74) is 3.61. The van der Waals surface area contributed by atoms with Crippen molar-refractivity contribution in [3.8, 4) is 0 Å². The van der Waals surface area contributed by atoms with Crippen LogP contribution in [0.3, 0.4) is 0 Å². The SMILES string of the molecule is CC(C)=CC(=O)Cc1ccc(C(C)(C)C)cc1. The van der Waals surface area contributed by atoms with Gasteiger partial charge >= 0.3 is 0 Å². The van der Waals surface area contributed by atoms with E-state index in [2.05, 4.69) is 45.0 Å². The first kappa shape index (κ1) is 13.7. The first-order valence-electron chi connectivity index (χ1n) is 6.06. The second-order valence-electron chi connectivity index (χ2n) is 5.81. The molecule has 0 fully saturated rings. The van der Waals surface area contributed by atoms with Crippen LogP contribution in [-0.2, 0) is 16.6 Å². The highest BCUT2D eigenvalue weighted by molar-refractivity contribution is 5.91. The zero-order valence-corrected chi connectivity index (χ0v) is 11.5. The molecule has 17 heavy (non-hydrogen) atoms. The monoisotopic (exact) mass is 230 g/mol. The molecule has 1 rings (SSSR count). The van der Waals surface area contributed by atoms with Crippen LogP contribution in [0.4, 0.5) is 0 Å². The van der Waals surface area contributed by atoms with E-state index in [0.29, 0.717) is 6.42 Å². The van der Waals surface area contributed by atoms with Crippen LogP contribution in [0.5, 0.6) is 0 Å². The van der Waals surface area contributed by atoms with Gasteiger partial charge in [0.25, 0.3) is 0 Å². The molecule has 0 aliphatic heterocycles. The van der Waals surface area contributed by atoms with Gasteiger partial charge in [0.1, 0.15) is 0 Å². The lowest BCUT2D eigenvalue weighted by atomic mass is 9.86. The third-order valence-corrected chi connectivity index (χ3v) is 2.65. The van der Waals surface area contributed by atoms with Gasteiger partial charge in [-0.05, 0) is 36.5 Å². The lowest BCUT2D eigenvalue weighted by Gasteiger charge is -2.19. The molecule has 0 heterocycles. The summed E-state index contributed by atoms with van der Waals surface area (Å²) in [4.78, 5) is 11.6. The minimum absolute atomic E-state index is 0.169. The van der Waals surface area contributed by atoms with Crippen molar-refractivity contribution in [3.05, 3.63) is 47.0 Å². The van der Waals surface area contributed by atoms with E-state index >= 15 is 0 Å². The summed E-state index contributed by atoms with van der Waals surface area (Å²) in [7, 11) is 0. The van der Waals surface area contributed by atoms with Crippen LogP contribution in [0.1, 0.15) is 45.7 Å². The summed E-state index contributed by atoms with van der Waals surface area (Å²) in [5, 5.41) is 0. The third kappa shape index (κ3) is 4.56. The van der Waals surface area contributed by atoms with E-state index in [1.807, 2.05) is 13.8 Å². The molecule has 0 N–H and O–H groups in total. The summed E-state index contributed by atoms with van der Waals surface area (Å²) < 4.78 is 0. The molecule has 1 aromatic carbocycles. The van der Waals surface area contributed by atoms with Crippen molar-refractivity contribution in [2.24, 2.45) is 0 Å². The molecular weight excluding hydrogens is 208 g/mol. The highest BCUT2D eigenvalue weighted by Gasteiger charge is 2.12. The van der Waals surface area contributed by atoms with Crippen LogP contribution >= 0.6 is 0 Å². The van der Waals surface area contributed by atoms with Crippen LogP contribution in [0.25, 0.3) is 0 Å². The van der Waals surface area contributed by atoms with Crippen LogP contribution in [0, 0.1) is 0 Å². The summed E-state index contributed by atoms with van der Waals surface area (Å²) in [6.07, 6.45) is 2.20. The first-order valence-corrected chi connectivity index (χ1v) is 6.06. The van der Waals surface area contributed by atoms with Gasteiger partial charge in [-0.2, -0.15) is 0 Å². The molecule has 0 aromatic heterocycles. The molecule has 1 aromatic rings. The predicted octanol–water partition coefficient (Wildman–Crippen LogP) is 4.06. The number of carbonyl (C=O) groups is 1. The molecule has 1 nitrogen and oxygen atoms in total. The second kappa shape index (κ2) is 5.31. The van der Waals surface area contributed by atoms with Crippen molar-refractivity contribution >= 4 is 5.78 Å². The Bertz CT molecular complexity index is 412. The molecule has 0 amide bonds. The van der Waals surface area contributed by atoms with Gasteiger partial charge in [-0.15, -0.1) is 0 Å². The lowest BCUT2D eigenvalue weighted by molar-refractivity contribution is -0.114. The van der Waals surface area contributed by atoms with Gasteiger partial charge in [-0.3, -0.25) is 4.79 Å². The zero-order chi connectivity index (χ0) is 13.1. The maximum atomic E-state index is 11.6. The molecule has 0 saturated heterocycles. The highest BCUT2D eigenvalue weighted by atomic mass is 16.1. The Balaban J connectivity index is 2.76. The molecule has 0 aliphatic rings. The van der Waals surface area contributed by atoms with Crippen molar-refractivity contribution in [3.63, 3.8) is 0 Å². The van der Waals surface area contributed by atoms with E-state index in [9.17, 15) is 4.79 Å². The fourth-order valence-corrected chi connectivity index (χ4v) is 1.70. The standard InChI is InChI=1S/C16H22O/c1-12(2)10-15(17)11-13-6-8-14(9-7-13)16(3,4)5/h6-10H,11H2,1-5H3. The fraction of sp³-hybridized carbons (Fsp3) is 0.438. The Morgan fingerprint density at radius 1 is 1.12 bits per heavy atom. The molecule has 0 spiro atoms. The van der Waals surface area contributed by atoms with E-state index in [-0.39, 0.29) is 11.2 Å². The van der Waals surface area contributed by atoms with Gasteiger partial charge in [0.05, 0.1) is 0 Å². The van der Waals surface area contributed by atoms with Crippen molar-refractivity contribution in [1.29, 1.82) is 0 Å². The average molecular weight is 230 g/mol. The molecule has 92 valence electrons. The summed E-state index contributed by atoms with van der Waals surface area (Å²) in [5.74, 6) is 0.175. The Morgan fingerprint density at radius 2 is 1.65 bits per heavy atom. The average Bonchev–Trinajstić information content (AvgIpc) is 2.15. The molecular formula is C16H22O. The molecule has 0 radical (unpaired) electrons. The van der Waals surface area contributed by atoms with E-state index in [0.717, 1.165) is 11.1 Å². The largest absolute Gasteiger partial charge is 0.294 e. The van der Waals surface area contributed by atoms with Crippen molar-refractivity contribution in [2.45, 2.75) is 46.5 Å². The molecule has 0 saturated carbocycles. The first-order chi connectivity index (χ1) is 7.79. The third-order valence-electron chi connectivity index (χ3n) is 2.65. The Labute approximate surface area is 105 Å². The maximum absolute atomic E-state index is 11.6. The number of hydrogen-bond donors (Lipinski definition) is 0. The molecule has 0 bridgehead atoms. The van der Waals surface area contributed by atoms with Gasteiger partial charge < -0.3 is 0 Å². The predicted molar refractivity (Wildman–Crippen MR) is 73.3 cm³/mol. The Morgan fingerprint density at radius 3 is 2.06 bits per heavy atom. The van der Waals surface area contributed by atoms with Crippen LogP contribution < -0.4 is 0 Å². The maximum Gasteiger partial charge on any atom is 0.159 e. The summed E-state index contributed by atoms with van der Waals surface area (Å²) >= 11 is 0. The van der Waals surface area contributed by atoms with E-state index in [1.54, 1.807) is 6.08 Å². The van der Waals surface area contributed by atoms with Crippen molar-refractivity contribution < 1.29 is 4.79 Å². The summed E-state index contributed by atoms with van der Waals surface area (Å²) in [6, 6.07) is 8.34. The Hall–Kier alpha value is -1.37. The van der Waals surface area contributed by atoms with Crippen LogP contribution in [0.15, 0.2) is 35.9 Å².